The monoisotopic (exact) mass is 275 g/mol. The summed E-state index contributed by atoms with van der Waals surface area (Å²) in [4.78, 5) is 4.82. The molecule has 0 aliphatic carbocycles. The molecule has 1 aromatic carbocycles. The lowest BCUT2D eigenvalue weighted by molar-refractivity contribution is 0.0398. The Hall–Kier alpha value is -1.26. The predicted octanol–water partition coefficient (Wildman–Crippen LogP) is 1.81. The Morgan fingerprint density at radius 3 is 2.90 bits per heavy atom. The molecule has 4 heteroatoms. The first-order valence-corrected chi connectivity index (χ1v) is 7.71. The first-order chi connectivity index (χ1) is 9.83. The summed E-state index contributed by atoms with van der Waals surface area (Å²) < 4.78 is 5.37. The summed E-state index contributed by atoms with van der Waals surface area (Å²) in [7, 11) is 2.18. The van der Waals surface area contributed by atoms with Gasteiger partial charge in [0.05, 0.1) is 13.2 Å². The summed E-state index contributed by atoms with van der Waals surface area (Å²) in [6, 6.07) is 6.79. The highest BCUT2D eigenvalue weighted by molar-refractivity contribution is 5.62. The van der Waals surface area contributed by atoms with E-state index in [2.05, 4.69) is 40.4 Å². The van der Waals surface area contributed by atoms with Crippen LogP contribution in [0.15, 0.2) is 18.2 Å². The van der Waals surface area contributed by atoms with Gasteiger partial charge in [-0.3, -0.25) is 4.90 Å². The van der Waals surface area contributed by atoms with Gasteiger partial charge in [0.25, 0.3) is 0 Å². The lowest BCUT2D eigenvalue weighted by Crippen LogP contribution is -2.39. The molecule has 1 N–H and O–H groups in total. The van der Waals surface area contributed by atoms with Crippen LogP contribution in [0.4, 0.5) is 11.4 Å². The number of aryl methyl sites for hydroxylation is 1. The van der Waals surface area contributed by atoms with Crippen LogP contribution >= 0.6 is 0 Å². The van der Waals surface area contributed by atoms with E-state index in [4.69, 9.17) is 4.74 Å². The van der Waals surface area contributed by atoms with Gasteiger partial charge in [-0.15, -0.1) is 0 Å². The number of fused-ring (bicyclic) bond motifs is 1. The number of benzene rings is 1. The van der Waals surface area contributed by atoms with E-state index in [9.17, 15) is 0 Å². The molecule has 110 valence electrons. The number of rotatable bonds is 4. The molecule has 1 fully saturated rings. The Kier molecular flexibility index (Phi) is 4.43. The molecule has 1 saturated heterocycles. The zero-order valence-corrected chi connectivity index (χ0v) is 12.4. The van der Waals surface area contributed by atoms with E-state index >= 15 is 0 Å². The van der Waals surface area contributed by atoms with Crippen LogP contribution in [0.5, 0.6) is 0 Å². The largest absolute Gasteiger partial charge is 0.384 e. The molecule has 0 aromatic heterocycles. The van der Waals surface area contributed by atoms with Crippen LogP contribution in [-0.4, -0.2) is 57.9 Å². The zero-order chi connectivity index (χ0) is 13.8. The maximum absolute atomic E-state index is 5.37. The quantitative estimate of drug-likeness (QED) is 0.907. The van der Waals surface area contributed by atoms with Crippen LogP contribution in [0.1, 0.15) is 12.0 Å². The zero-order valence-electron chi connectivity index (χ0n) is 12.4. The predicted molar refractivity (Wildman–Crippen MR) is 83.8 cm³/mol. The molecule has 4 nitrogen and oxygen atoms in total. The summed E-state index contributed by atoms with van der Waals surface area (Å²) in [5, 5.41) is 3.56. The highest BCUT2D eigenvalue weighted by Crippen LogP contribution is 2.28. The molecule has 2 aliphatic rings. The molecule has 0 spiro atoms. The third-order valence-corrected chi connectivity index (χ3v) is 4.29. The Morgan fingerprint density at radius 1 is 1.20 bits per heavy atom. The fourth-order valence-electron chi connectivity index (χ4n) is 3.08. The summed E-state index contributed by atoms with van der Waals surface area (Å²) in [6.45, 7) is 7.18. The van der Waals surface area contributed by atoms with E-state index in [1.807, 2.05) is 0 Å². The second-order valence-electron chi connectivity index (χ2n) is 5.75. The van der Waals surface area contributed by atoms with Gasteiger partial charge in [0.15, 0.2) is 0 Å². The summed E-state index contributed by atoms with van der Waals surface area (Å²) in [6.07, 6.45) is 2.47. The number of morpholine rings is 1. The maximum Gasteiger partial charge on any atom is 0.0594 e. The van der Waals surface area contributed by atoms with Gasteiger partial charge in [-0.05, 0) is 36.6 Å². The minimum atomic E-state index is 0.880. The summed E-state index contributed by atoms with van der Waals surface area (Å²) in [5.74, 6) is 0. The fourth-order valence-corrected chi connectivity index (χ4v) is 3.08. The van der Waals surface area contributed by atoms with Gasteiger partial charge in [0.2, 0.25) is 0 Å². The number of anilines is 2. The van der Waals surface area contributed by atoms with Crippen LogP contribution in [0.3, 0.4) is 0 Å². The van der Waals surface area contributed by atoms with Crippen LogP contribution in [0.25, 0.3) is 0 Å². The second kappa shape index (κ2) is 6.46. The maximum atomic E-state index is 5.37. The van der Waals surface area contributed by atoms with Crippen LogP contribution < -0.4 is 10.2 Å². The average molecular weight is 275 g/mol. The van der Waals surface area contributed by atoms with Gasteiger partial charge in [-0.25, -0.2) is 0 Å². The number of nitrogens with one attached hydrogen (secondary N) is 1. The normalized spacial score (nSPS) is 19.8. The van der Waals surface area contributed by atoms with Crippen molar-refractivity contribution in [1.82, 2.24) is 4.90 Å². The topological polar surface area (TPSA) is 27.7 Å². The highest BCUT2D eigenvalue weighted by Gasteiger charge is 2.14. The van der Waals surface area contributed by atoms with Gasteiger partial charge in [0.1, 0.15) is 0 Å². The standard InChI is InChI=1S/C16H25N3O/c1-18-7-2-3-14-13-15(4-5-16(14)18)17-6-8-19-9-11-20-12-10-19/h4-5,13,17H,2-3,6-12H2,1H3. The first kappa shape index (κ1) is 13.7. The van der Waals surface area contributed by atoms with Gasteiger partial charge >= 0.3 is 0 Å². The highest BCUT2D eigenvalue weighted by atomic mass is 16.5. The van der Waals surface area contributed by atoms with Crippen molar-refractivity contribution in [3.63, 3.8) is 0 Å². The lowest BCUT2D eigenvalue weighted by atomic mass is 10.0. The minimum Gasteiger partial charge on any atom is -0.384 e. The van der Waals surface area contributed by atoms with Crippen LogP contribution in [0, 0.1) is 0 Å². The summed E-state index contributed by atoms with van der Waals surface area (Å²) in [5.41, 5.74) is 4.14. The van der Waals surface area contributed by atoms with Crippen molar-refractivity contribution in [2.45, 2.75) is 12.8 Å². The van der Waals surface area contributed by atoms with Gasteiger partial charge in [-0.2, -0.15) is 0 Å². The van der Waals surface area contributed by atoms with Gasteiger partial charge < -0.3 is 15.0 Å². The van der Waals surface area contributed by atoms with E-state index in [0.29, 0.717) is 0 Å². The summed E-state index contributed by atoms with van der Waals surface area (Å²) >= 11 is 0. The van der Waals surface area contributed by atoms with Crippen molar-refractivity contribution >= 4 is 11.4 Å². The Morgan fingerprint density at radius 2 is 2.05 bits per heavy atom. The van der Waals surface area contributed by atoms with E-state index in [0.717, 1.165) is 39.4 Å². The van der Waals surface area contributed by atoms with Crippen LogP contribution in [-0.2, 0) is 11.2 Å². The van der Waals surface area contributed by atoms with Crippen molar-refractivity contribution < 1.29 is 4.74 Å². The average Bonchev–Trinajstić information content (AvgIpc) is 2.48. The molecule has 0 amide bonds. The molecule has 1 aromatic rings. The molecule has 3 rings (SSSR count). The molecule has 20 heavy (non-hydrogen) atoms. The van der Waals surface area contributed by atoms with E-state index in [1.165, 1.54) is 36.3 Å². The van der Waals surface area contributed by atoms with Crippen molar-refractivity contribution in [3.05, 3.63) is 23.8 Å². The van der Waals surface area contributed by atoms with Crippen molar-refractivity contribution in [1.29, 1.82) is 0 Å². The number of hydrogen-bond donors (Lipinski definition) is 1. The fraction of sp³-hybridized carbons (Fsp3) is 0.625. The van der Waals surface area contributed by atoms with Crippen molar-refractivity contribution in [3.8, 4) is 0 Å². The first-order valence-electron chi connectivity index (χ1n) is 7.71. The molecular formula is C16H25N3O. The van der Waals surface area contributed by atoms with E-state index in [-0.39, 0.29) is 0 Å². The molecule has 2 heterocycles. The molecule has 0 radical (unpaired) electrons. The number of nitrogens with zero attached hydrogens (tertiary/aromatic N) is 2. The minimum absolute atomic E-state index is 0.880. The van der Waals surface area contributed by atoms with Gasteiger partial charge in [-0.1, -0.05) is 0 Å². The van der Waals surface area contributed by atoms with E-state index in [1.54, 1.807) is 0 Å². The molecule has 0 atom stereocenters. The molecule has 0 bridgehead atoms. The molecule has 0 unspecified atom stereocenters. The SMILES string of the molecule is CN1CCCc2cc(NCCN3CCOCC3)ccc21. The third kappa shape index (κ3) is 3.25. The Labute approximate surface area is 121 Å². The molecular weight excluding hydrogens is 250 g/mol. The van der Waals surface area contributed by atoms with Gasteiger partial charge in [0, 0.05) is 51.1 Å². The molecule has 2 aliphatic heterocycles. The smallest absolute Gasteiger partial charge is 0.0594 e. The number of hydrogen-bond acceptors (Lipinski definition) is 4. The van der Waals surface area contributed by atoms with Crippen LogP contribution in [0.2, 0.25) is 0 Å². The Bertz CT molecular complexity index is 443. The third-order valence-electron chi connectivity index (χ3n) is 4.29. The molecule has 0 saturated carbocycles. The van der Waals surface area contributed by atoms with Crippen molar-refractivity contribution in [2.24, 2.45) is 0 Å². The number of ether oxygens (including phenoxy) is 1. The lowest BCUT2D eigenvalue weighted by Gasteiger charge is -2.28. The Balaban J connectivity index is 1.52. The second-order valence-corrected chi connectivity index (χ2v) is 5.75. The van der Waals surface area contributed by atoms with E-state index < -0.39 is 0 Å². The van der Waals surface area contributed by atoms with Crippen molar-refractivity contribution in [2.75, 3.05) is 63.2 Å².